The molecule has 0 amide bonds. The van der Waals surface area contributed by atoms with Crippen LogP contribution in [0.2, 0.25) is 5.02 Å². The zero-order chi connectivity index (χ0) is 14.7. The summed E-state index contributed by atoms with van der Waals surface area (Å²) in [5, 5.41) is 9.24. The average Bonchev–Trinajstić information content (AvgIpc) is 2.41. The summed E-state index contributed by atoms with van der Waals surface area (Å²) in [6.07, 6.45) is 0. The minimum absolute atomic E-state index is 0.0150. The lowest BCUT2D eigenvalue weighted by Crippen LogP contribution is -1.97. The summed E-state index contributed by atoms with van der Waals surface area (Å²) in [7, 11) is 0. The number of Topliss-reactive ketones (excluding diaryl/α,β-unsaturated/α-hetero) is 1. The van der Waals surface area contributed by atoms with Gasteiger partial charge in [-0.15, -0.1) is 0 Å². The molecule has 0 heterocycles. The number of carboxylic acid groups (broad SMARTS) is 1. The van der Waals surface area contributed by atoms with E-state index in [4.69, 9.17) is 16.7 Å². The predicted octanol–water partition coefficient (Wildman–Crippen LogP) is 4.39. The van der Waals surface area contributed by atoms with E-state index in [9.17, 15) is 9.59 Å². The fourth-order valence-electron chi connectivity index (χ4n) is 1.63. The van der Waals surface area contributed by atoms with Crippen LogP contribution < -0.4 is 0 Å². The van der Waals surface area contributed by atoms with Gasteiger partial charge in [0.15, 0.2) is 5.78 Å². The molecular formula is C15H11ClO3S. The molecule has 0 aliphatic rings. The van der Waals surface area contributed by atoms with E-state index in [1.165, 1.54) is 24.8 Å². The van der Waals surface area contributed by atoms with Crippen LogP contribution in [0.3, 0.4) is 0 Å². The van der Waals surface area contributed by atoms with E-state index in [-0.39, 0.29) is 16.4 Å². The van der Waals surface area contributed by atoms with Crippen LogP contribution in [-0.4, -0.2) is 16.9 Å². The molecule has 0 atom stereocenters. The first-order valence-corrected chi connectivity index (χ1v) is 6.98. The first-order chi connectivity index (χ1) is 9.47. The molecule has 20 heavy (non-hydrogen) atoms. The molecule has 2 rings (SSSR count). The number of halogens is 1. The predicted molar refractivity (Wildman–Crippen MR) is 79.0 cm³/mol. The Bertz CT molecular complexity index is 665. The van der Waals surface area contributed by atoms with Gasteiger partial charge in [-0.25, -0.2) is 4.79 Å². The zero-order valence-electron chi connectivity index (χ0n) is 10.6. The largest absolute Gasteiger partial charge is 0.478 e. The Hall–Kier alpha value is -1.78. The number of rotatable bonds is 4. The molecule has 0 aromatic heterocycles. The summed E-state index contributed by atoms with van der Waals surface area (Å²) in [6, 6.07) is 12.0. The molecule has 2 aromatic rings. The van der Waals surface area contributed by atoms with Crippen molar-refractivity contribution in [3.8, 4) is 0 Å². The number of carbonyl (C=O) groups is 2. The summed E-state index contributed by atoms with van der Waals surface area (Å²) in [5.74, 6) is -1.04. The highest BCUT2D eigenvalue weighted by Crippen LogP contribution is 2.30. The Morgan fingerprint density at radius 1 is 1.05 bits per heavy atom. The van der Waals surface area contributed by atoms with Gasteiger partial charge in [0.2, 0.25) is 0 Å². The van der Waals surface area contributed by atoms with Gasteiger partial charge in [0, 0.05) is 15.4 Å². The third-order valence-electron chi connectivity index (χ3n) is 2.66. The topological polar surface area (TPSA) is 54.4 Å². The Labute approximate surface area is 125 Å². The first kappa shape index (κ1) is 14.6. The average molecular weight is 307 g/mol. The highest BCUT2D eigenvalue weighted by molar-refractivity contribution is 7.99. The Balaban J connectivity index is 2.23. The lowest BCUT2D eigenvalue weighted by molar-refractivity contribution is 0.0696. The fourth-order valence-corrected chi connectivity index (χ4v) is 2.68. The molecule has 3 nitrogen and oxygen atoms in total. The van der Waals surface area contributed by atoms with Gasteiger partial charge in [0.1, 0.15) is 0 Å². The van der Waals surface area contributed by atoms with E-state index in [0.29, 0.717) is 5.56 Å². The third kappa shape index (κ3) is 3.40. The summed E-state index contributed by atoms with van der Waals surface area (Å²) in [4.78, 5) is 23.9. The normalized spacial score (nSPS) is 10.3. The van der Waals surface area contributed by atoms with Gasteiger partial charge in [-0.3, -0.25) is 4.79 Å². The highest BCUT2D eigenvalue weighted by atomic mass is 35.5. The maximum atomic E-state index is 11.2. The molecule has 5 heteroatoms. The van der Waals surface area contributed by atoms with Gasteiger partial charge in [-0.2, -0.15) is 0 Å². The molecule has 0 spiro atoms. The van der Waals surface area contributed by atoms with E-state index < -0.39 is 5.97 Å². The second kappa shape index (κ2) is 6.11. The number of hydrogen-bond donors (Lipinski definition) is 1. The molecular weight excluding hydrogens is 296 g/mol. The van der Waals surface area contributed by atoms with Gasteiger partial charge < -0.3 is 5.11 Å². The van der Waals surface area contributed by atoms with E-state index in [0.717, 1.165) is 9.79 Å². The van der Waals surface area contributed by atoms with E-state index in [2.05, 4.69) is 0 Å². The molecule has 0 aliphatic carbocycles. The summed E-state index contributed by atoms with van der Waals surface area (Å²) < 4.78 is 0. The van der Waals surface area contributed by atoms with Crippen LogP contribution in [0, 0.1) is 0 Å². The van der Waals surface area contributed by atoms with Gasteiger partial charge in [-0.05, 0) is 37.3 Å². The number of ketones is 1. The second-order valence-electron chi connectivity index (χ2n) is 4.13. The molecule has 0 bridgehead atoms. The molecule has 0 unspecified atom stereocenters. The Morgan fingerprint density at radius 3 is 2.20 bits per heavy atom. The van der Waals surface area contributed by atoms with Crippen LogP contribution in [-0.2, 0) is 0 Å². The SMILES string of the molecule is CC(=O)c1ccc(Sc2ccc(Cl)c(C(=O)O)c2)cc1. The van der Waals surface area contributed by atoms with Gasteiger partial charge in [-0.1, -0.05) is 35.5 Å². The van der Waals surface area contributed by atoms with Crippen LogP contribution in [0.5, 0.6) is 0 Å². The van der Waals surface area contributed by atoms with E-state index in [1.807, 2.05) is 12.1 Å². The molecule has 0 saturated heterocycles. The van der Waals surface area contributed by atoms with Crippen LogP contribution >= 0.6 is 23.4 Å². The van der Waals surface area contributed by atoms with E-state index in [1.54, 1.807) is 24.3 Å². The number of aromatic carboxylic acids is 1. The van der Waals surface area contributed by atoms with Crippen LogP contribution in [0.4, 0.5) is 0 Å². The molecule has 0 aliphatic heterocycles. The monoisotopic (exact) mass is 306 g/mol. The maximum absolute atomic E-state index is 11.2. The van der Waals surface area contributed by atoms with Crippen molar-refractivity contribution in [2.75, 3.05) is 0 Å². The van der Waals surface area contributed by atoms with Gasteiger partial charge >= 0.3 is 5.97 Å². The lowest BCUT2D eigenvalue weighted by Gasteiger charge is -2.05. The number of hydrogen-bond acceptors (Lipinski definition) is 3. The summed E-state index contributed by atoms with van der Waals surface area (Å²) in [6.45, 7) is 1.51. The molecule has 0 radical (unpaired) electrons. The van der Waals surface area contributed by atoms with Crippen molar-refractivity contribution in [2.24, 2.45) is 0 Å². The van der Waals surface area contributed by atoms with Gasteiger partial charge in [0.05, 0.1) is 10.6 Å². The van der Waals surface area contributed by atoms with Crippen LogP contribution in [0.25, 0.3) is 0 Å². The van der Waals surface area contributed by atoms with Crippen molar-refractivity contribution in [1.82, 2.24) is 0 Å². The van der Waals surface area contributed by atoms with Crippen molar-refractivity contribution in [1.29, 1.82) is 0 Å². The van der Waals surface area contributed by atoms with Crippen molar-refractivity contribution in [3.63, 3.8) is 0 Å². The maximum Gasteiger partial charge on any atom is 0.337 e. The number of benzene rings is 2. The lowest BCUT2D eigenvalue weighted by atomic mass is 10.2. The molecule has 0 fully saturated rings. The number of carbonyl (C=O) groups excluding carboxylic acids is 1. The summed E-state index contributed by atoms with van der Waals surface area (Å²) in [5.41, 5.74) is 0.730. The third-order valence-corrected chi connectivity index (χ3v) is 3.99. The van der Waals surface area contributed by atoms with Crippen molar-refractivity contribution < 1.29 is 14.7 Å². The smallest absolute Gasteiger partial charge is 0.337 e. The second-order valence-corrected chi connectivity index (χ2v) is 5.68. The van der Waals surface area contributed by atoms with E-state index >= 15 is 0 Å². The molecule has 0 saturated carbocycles. The van der Waals surface area contributed by atoms with Crippen molar-refractivity contribution in [2.45, 2.75) is 16.7 Å². The minimum Gasteiger partial charge on any atom is -0.478 e. The van der Waals surface area contributed by atoms with Crippen molar-refractivity contribution >= 4 is 35.1 Å². The molecule has 2 aromatic carbocycles. The van der Waals surface area contributed by atoms with Gasteiger partial charge in [0.25, 0.3) is 0 Å². The standard InChI is InChI=1S/C15H11ClO3S/c1-9(17)10-2-4-11(5-3-10)20-12-6-7-14(16)13(8-12)15(18)19/h2-8H,1H3,(H,18,19). The molecule has 102 valence electrons. The Morgan fingerprint density at radius 2 is 1.65 bits per heavy atom. The molecule has 1 N–H and O–H groups in total. The number of carboxylic acids is 1. The quantitative estimate of drug-likeness (QED) is 0.851. The van der Waals surface area contributed by atoms with Crippen LogP contribution in [0.15, 0.2) is 52.3 Å². The highest BCUT2D eigenvalue weighted by Gasteiger charge is 2.10. The van der Waals surface area contributed by atoms with Crippen molar-refractivity contribution in [3.05, 3.63) is 58.6 Å². The first-order valence-electron chi connectivity index (χ1n) is 5.79. The Kier molecular flexibility index (Phi) is 4.47. The summed E-state index contributed by atoms with van der Waals surface area (Å²) >= 11 is 7.24. The minimum atomic E-state index is -1.05. The zero-order valence-corrected chi connectivity index (χ0v) is 12.2. The fraction of sp³-hybridized carbons (Fsp3) is 0.0667. The van der Waals surface area contributed by atoms with Crippen LogP contribution in [0.1, 0.15) is 27.6 Å².